The van der Waals surface area contributed by atoms with Crippen molar-refractivity contribution in [1.29, 1.82) is 0 Å². The molecule has 0 aliphatic rings. The number of aromatic nitrogens is 6. The minimum Gasteiger partial charge on any atom is -0.423 e. The molecule has 0 fully saturated rings. The number of alkyl halides is 3. The highest BCUT2D eigenvalue weighted by Gasteiger charge is 2.35. The van der Waals surface area contributed by atoms with Gasteiger partial charge < -0.3 is 4.42 Å². The van der Waals surface area contributed by atoms with Crippen molar-refractivity contribution < 1.29 is 17.6 Å². The van der Waals surface area contributed by atoms with Gasteiger partial charge in [-0.25, -0.2) is 0 Å². The molecule has 1 atom stereocenters. The zero-order chi connectivity index (χ0) is 19.9. The Bertz CT molecular complexity index is 958. The summed E-state index contributed by atoms with van der Waals surface area (Å²) >= 11 is 6.12. The fraction of sp³-hybridized carbons (Fsp3) is 0.500. The normalized spacial score (nSPS) is 13.3. The van der Waals surface area contributed by atoms with Crippen molar-refractivity contribution in [3.05, 3.63) is 45.6 Å². The lowest BCUT2D eigenvalue weighted by atomic mass is 10.3. The maximum Gasteiger partial charge on any atom is 0.435 e. The molecule has 0 aliphatic heterocycles. The molecule has 0 N–H and O–H groups in total. The van der Waals surface area contributed by atoms with Gasteiger partial charge in [0.25, 0.3) is 0 Å². The van der Waals surface area contributed by atoms with E-state index in [1.807, 2.05) is 13.8 Å². The van der Waals surface area contributed by atoms with Crippen molar-refractivity contribution in [2.75, 3.05) is 0 Å². The van der Waals surface area contributed by atoms with Crippen molar-refractivity contribution in [3.8, 4) is 0 Å². The highest BCUT2D eigenvalue weighted by molar-refractivity contribution is 6.31. The van der Waals surface area contributed by atoms with E-state index in [0.29, 0.717) is 29.6 Å². The third-order valence-electron chi connectivity index (χ3n) is 4.25. The van der Waals surface area contributed by atoms with Crippen LogP contribution >= 0.6 is 11.6 Å². The molecule has 1 unspecified atom stereocenters. The Labute approximate surface area is 158 Å². The average Bonchev–Trinajstić information content (AvgIpc) is 3.27. The molecule has 11 heteroatoms. The Morgan fingerprint density at radius 3 is 2.44 bits per heavy atom. The summed E-state index contributed by atoms with van der Waals surface area (Å²) in [4.78, 5) is 0. The fourth-order valence-electron chi connectivity index (χ4n) is 2.75. The third-order valence-corrected chi connectivity index (χ3v) is 4.80. The van der Waals surface area contributed by atoms with Gasteiger partial charge in [-0.3, -0.25) is 9.36 Å². The summed E-state index contributed by atoms with van der Waals surface area (Å²) < 4.78 is 47.1. The minimum absolute atomic E-state index is 0.191. The summed E-state index contributed by atoms with van der Waals surface area (Å²) in [6, 6.07) is 0.367. The summed E-state index contributed by atoms with van der Waals surface area (Å²) in [6.07, 6.45) is -4.08. The first kappa shape index (κ1) is 19.4. The predicted octanol–water partition coefficient (Wildman–Crippen LogP) is 3.91. The smallest absolute Gasteiger partial charge is 0.423 e. The van der Waals surface area contributed by atoms with Crippen LogP contribution in [0.15, 0.2) is 10.5 Å². The van der Waals surface area contributed by atoms with Crippen LogP contribution in [0, 0.1) is 20.8 Å². The first-order valence-electron chi connectivity index (χ1n) is 8.23. The number of rotatable bonds is 5. The Morgan fingerprint density at radius 2 is 1.89 bits per heavy atom. The van der Waals surface area contributed by atoms with Gasteiger partial charge in [0.15, 0.2) is 5.69 Å². The Kier molecular flexibility index (Phi) is 5.02. The zero-order valence-electron chi connectivity index (χ0n) is 15.2. The van der Waals surface area contributed by atoms with Gasteiger partial charge in [-0.05, 0) is 33.8 Å². The fourth-order valence-corrected chi connectivity index (χ4v) is 2.89. The van der Waals surface area contributed by atoms with Crippen LogP contribution < -0.4 is 0 Å². The second-order valence-corrected chi connectivity index (χ2v) is 6.66. The van der Waals surface area contributed by atoms with Crippen molar-refractivity contribution in [3.63, 3.8) is 0 Å². The quantitative estimate of drug-likeness (QED) is 0.646. The van der Waals surface area contributed by atoms with E-state index in [1.165, 1.54) is 4.68 Å². The van der Waals surface area contributed by atoms with E-state index in [2.05, 4.69) is 20.4 Å². The molecule has 0 amide bonds. The van der Waals surface area contributed by atoms with Gasteiger partial charge in [-0.1, -0.05) is 11.6 Å². The number of hydrogen-bond acceptors (Lipinski definition) is 5. The third kappa shape index (κ3) is 3.85. The molecule has 0 saturated carbocycles. The maximum absolute atomic E-state index is 12.8. The largest absolute Gasteiger partial charge is 0.435 e. The van der Waals surface area contributed by atoms with Gasteiger partial charge in [-0.15, -0.1) is 10.2 Å². The summed E-state index contributed by atoms with van der Waals surface area (Å²) in [5.41, 5.74) is 0.984. The first-order chi connectivity index (χ1) is 12.6. The van der Waals surface area contributed by atoms with Gasteiger partial charge in [0.1, 0.15) is 6.04 Å². The van der Waals surface area contributed by atoms with E-state index in [0.717, 1.165) is 17.5 Å². The molecule has 0 bridgehead atoms. The van der Waals surface area contributed by atoms with Crippen LogP contribution in [0.3, 0.4) is 0 Å². The van der Waals surface area contributed by atoms with Crippen LogP contribution in [0.5, 0.6) is 0 Å². The molecular formula is C16H18ClF3N6O. The van der Waals surface area contributed by atoms with Gasteiger partial charge in [0.2, 0.25) is 11.8 Å². The van der Waals surface area contributed by atoms with Crippen molar-refractivity contribution in [2.45, 2.75) is 52.9 Å². The molecule has 7 nitrogen and oxygen atoms in total. The van der Waals surface area contributed by atoms with Crippen LogP contribution in [0.25, 0.3) is 0 Å². The maximum atomic E-state index is 12.8. The predicted molar refractivity (Wildman–Crippen MR) is 90.5 cm³/mol. The van der Waals surface area contributed by atoms with Crippen LogP contribution in [0.1, 0.15) is 47.5 Å². The van der Waals surface area contributed by atoms with Crippen molar-refractivity contribution in [2.24, 2.45) is 0 Å². The highest BCUT2D eigenvalue weighted by atomic mass is 35.5. The van der Waals surface area contributed by atoms with Gasteiger partial charge >= 0.3 is 6.18 Å². The Morgan fingerprint density at radius 1 is 1.19 bits per heavy atom. The first-order valence-corrected chi connectivity index (χ1v) is 8.61. The van der Waals surface area contributed by atoms with E-state index < -0.39 is 17.9 Å². The van der Waals surface area contributed by atoms with Gasteiger partial charge in [0.05, 0.1) is 16.4 Å². The van der Waals surface area contributed by atoms with E-state index in [-0.39, 0.29) is 5.89 Å². The standard InChI is InChI=1S/C16H18ClF3N6O/c1-8-7-12(16(18,19)20)24-26(8)11(4)15-22-21-13(27-15)5-6-25-10(3)14(17)9(2)23-25/h7,11H,5-6H2,1-4H3. The molecule has 0 aliphatic carbocycles. The lowest BCUT2D eigenvalue weighted by Gasteiger charge is -2.10. The Balaban J connectivity index is 1.73. The van der Waals surface area contributed by atoms with E-state index in [9.17, 15) is 13.2 Å². The number of hydrogen-bond donors (Lipinski definition) is 0. The zero-order valence-corrected chi connectivity index (χ0v) is 15.9. The van der Waals surface area contributed by atoms with Crippen LogP contribution in [-0.2, 0) is 19.1 Å². The molecule has 0 spiro atoms. The van der Waals surface area contributed by atoms with E-state index >= 15 is 0 Å². The number of aryl methyl sites for hydroxylation is 4. The second-order valence-electron chi connectivity index (χ2n) is 6.28. The second kappa shape index (κ2) is 6.99. The lowest BCUT2D eigenvalue weighted by Crippen LogP contribution is -2.13. The van der Waals surface area contributed by atoms with Crippen LogP contribution in [-0.4, -0.2) is 29.8 Å². The molecular weight excluding hydrogens is 385 g/mol. The molecule has 27 heavy (non-hydrogen) atoms. The molecule has 0 saturated heterocycles. The average molecular weight is 403 g/mol. The number of nitrogens with zero attached hydrogens (tertiary/aromatic N) is 6. The topological polar surface area (TPSA) is 74.6 Å². The van der Waals surface area contributed by atoms with Crippen LogP contribution in [0.4, 0.5) is 13.2 Å². The molecule has 3 aromatic rings. The van der Waals surface area contributed by atoms with Gasteiger partial charge in [-0.2, -0.15) is 23.4 Å². The molecule has 3 rings (SSSR count). The monoisotopic (exact) mass is 402 g/mol. The summed E-state index contributed by atoms with van der Waals surface area (Å²) in [5.74, 6) is 0.553. The summed E-state index contributed by atoms with van der Waals surface area (Å²) in [7, 11) is 0. The SMILES string of the molecule is Cc1nn(CCc2nnc(C(C)n3nc(C(F)(F)F)cc3C)o2)c(C)c1Cl. The van der Waals surface area contributed by atoms with E-state index in [4.69, 9.17) is 16.0 Å². The Hall–Kier alpha value is -2.36. The molecule has 3 heterocycles. The number of halogens is 4. The summed E-state index contributed by atoms with van der Waals surface area (Å²) in [6.45, 7) is 7.37. The summed E-state index contributed by atoms with van der Waals surface area (Å²) in [5, 5.41) is 16.5. The molecule has 0 radical (unpaired) electrons. The van der Waals surface area contributed by atoms with Crippen molar-refractivity contribution in [1.82, 2.24) is 29.8 Å². The lowest BCUT2D eigenvalue weighted by molar-refractivity contribution is -0.141. The van der Waals surface area contributed by atoms with Gasteiger partial charge in [0, 0.05) is 18.7 Å². The van der Waals surface area contributed by atoms with Crippen LogP contribution in [0.2, 0.25) is 5.02 Å². The van der Waals surface area contributed by atoms with E-state index in [1.54, 1.807) is 18.5 Å². The highest BCUT2D eigenvalue weighted by Crippen LogP contribution is 2.30. The molecule has 146 valence electrons. The molecule has 0 aromatic carbocycles. The molecule has 3 aromatic heterocycles. The minimum atomic E-state index is -4.50. The van der Waals surface area contributed by atoms with Crippen molar-refractivity contribution >= 4 is 11.6 Å².